The normalized spacial score (nSPS) is 11.7. The van der Waals surface area contributed by atoms with E-state index in [-0.39, 0.29) is 21.4 Å². The van der Waals surface area contributed by atoms with E-state index in [4.69, 9.17) is 16.1 Å². The third kappa shape index (κ3) is 2.70. The molecule has 0 unspecified atom stereocenters. The van der Waals surface area contributed by atoms with E-state index < -0.39 is 15.7 Å². The minimum atomic E-state index is -3.62. The number of nitrogens with zero attached hydrogens (tertiary/aromatic N) is 1. The third-order valence-corrected chi connectivity index (χ3v) is 4.19. The van der Waals surface area contributed by atoms with Crippen molar-refractivity contribution in [3.8, 4) is 0 Å². The Morgan fingerprint density at radius 3 is 2.67 bits per heavy atom. The molecule has 0 aliphatic rings. The Labute approximate surface area is 108 Å². The largest absolute Gasteiger partial charge is 0.360 e. The van der Waals surface area contributed by atoms with Crippen molar-refractivity contribution in [3.63, 3.8) is 0 Å². The van der Waals surface area contributed by atoms with Gasteiger partial charge in [-0.15, -0.1) is 0 Å². The summed E-state index contributed by atoms with van der Waals surface area (Å²) in [4.78, 5) is -0.0528. The SMILES string of the molecule is Cc1cc(CS(=O)(=O)c2ccc(F)c(Cl)c2)on1. The van der Waals surface area contributed by atoms with Crippen LogP contribution >= 0.6 is 11.6 Å². The van der Waals surface area contributed by atoms with E-state index in [0.717, 1.165) is 12.1 Å². The van der Waals surface area contributed by atoms with Crippen LogP contribution < -0.4 is 0 Å². The number of halogens is 2. The molecule has 7 heteroatoms. The van der Waals surface area contributed by atoms with Crippen LogP contribution in [0.4, 0.5) is 4.39 Å². The summed E-state index contributed by atoms with van der Waals surface area (Å²) in [5.74, 6) is -0.769. The van der Waals surface area contributed by atoms with E-state index >= 15 is 0 Å². The van der Waals surface area contributed by atoms with Gasteiger partial charge in [-0.1, -0.05) is 16.8 Å². The van der Waals surface area contributed by atoms with Crippen LogP contribution in [0.1, 0.15) is 11.5 Å². The van der Waals surface area contributed by atoms with Crippen molar-refractivity contribution in [2.75, 3.05) is 0 Å². The van der Waals surface area contributed by atoms with Crippen molar-refractivity contribution in [2.45, 2.75) is 17.6 Å². The molecule has 0 N–H and O–H groups in total. The van der Waals surface area contributed by atoms with Gasteiger partial charge < -0.3 is 4.52 Å². The predicted octanol–water partition coefficient (Wildman–Crippen LogP) is 2.75. The lowest BCUT2D eigenvalue weighted by Gasteiger charge is -2.03. The first-order valence-corrected chi connectivity index (χ1v) is 7.01. The molecule has 0 bridgehead atoms. The van der Waals surface area contributed by atoms with Gasteiger partial charge in [0, 0.05) is 6.07 Å². The Bertz CT molecular complexity index is 681. The lowest BCUT2D eigenvalue weighted by Crippen LogP contribution is -2.04. The van der Waals surface area contributed by atoms with Crippen LogP contribution in [0.2, 0.25) is 5.02 Å². The van der Waals surface area contributed by atoms with Crippen molar-refractivity contribution in [3.05, 3.63) is 46.6 Å². The van der Waals surface area contributed by atoms with E-state index in [1.165, 1.54) is 12.1 Å². The molecule has 96 valence electrons. The molecule has 4 nitrogen and oxygen atoms in total. The topological polar surface area (TPSA) is 60.2 Å². The second-order valence-electron chi connectivity index (χ2n) is 3.77. The molecule has 18 heavy (non-hydrogen) atoms. The fourth-order valence-electron chi connectivity index (χ4n) is 1.43. The minimum absolute atomic E-state index is 0.0528. The van der Waals surface area contributed by atoms with Gasteiger partial charge in [-0.3, -0.25) is 0 Å². The third-order valence-electron chi connectivity index (χ3n) is 2.26. The lowest BCUT2D eigenvalue weighted by molar-refractivity contribution is 0.388. The lowest BCUT2D eigenvalue weighted by atomic mass is 10.3. The first-order valence-electron chi connectivity index (χ1n) is 4.98. The molecule has 1 aromatic carbocycles. The average molecular weight is 290 g/mol. The summed E-state index contributed by atoms with van der Waals surface area (Å²) in [5.41, 5.74) is 0.595. The Hall–Kier alpha value is -1.40. The van der Waals surface area contributed by atoms with Crippen LogP contribution in [0.25, 0.3) is 0 Å². The van der Waals surface area contributed by atoms with Crippen LogP contribution in [-0.2, 0) is 15.6 Å². The highest BCUT2D eigenvalue weighted by atomic mass is 35.5. The molecule has 2 aromatic rings. The summed E-state index contributed by atoms with van der Waals surface area (Å²) in [6, 6.07) is 4.79. The van der Waals surface area contributed by atoms with Crippen LogP contribution in [-0.4, -0.2) is 13.6 Å². The Kier molecular flexibility index (Phi) is 3.41. The summed E-state index contributed by atoms with van der Waals surface area (Å²) in [5, 5.41) is 3.37. The summed E-state index contributed by atoms with van der Waals surface area (Å²) in [6.07, 6.45) is 0. The molecule has 0 fully saturated rings. The summed E-state index contributed by atoms with van der Waals surface area (Å²) >= 11 is 5.55. The standard InChI is InChI=1S/C11H9ClFNO3S/c1-7-4-8(17-14-7)6-18(15,16)9-2-3-11(13)10(12)5-9/h2-5H,6H2,1H3. The summed E-state index contributed by atoms with van der Waals surface area (Å²) in [6.45, 7) is 1.69. The minimum Gasteiger partial charge on any atom is -0.360 e. The van der Waals surface area contributed by atoms with Crippen LogP contribution in [0.5, 0.6) is 0 Å². The van der Waals surface area contributed by atoms with Gasteiger partial charge >= 0.3 is 0 Å². The van der Waals surface area contributed by atoms with Crippen molar-refractivity contribution in [1.29, 1.82) is 0 Å². The van der Waals surface area contributed by atoms with E-state index in [0.29, 0.717) is 5.69 Å². The Balaban J connectivity index is 2.33. The highest BCUT2D eigenvalue weighted by molar-refractivity contribution is 7.90. The van der Waals surface area contributed by atoms with Crippen molar-refractivity contribution in [1.82, 2.24) is 5.16 Å². The first kappa shape index (κ1) is 13.0. The van der Waals surface area contributed by atoms with Crippen molar-refractivity contribution in [2.24, 2.45) is 0 Å². The van der Waals surface area contributed by atoms with Gasteiger partial charge in [0.1, 0.15) is 11.6 Å². The first-order chi connectivity index (χ1) is 8.38. The molecule has 0 amide bonds. The van der Waals surface area contributed by atoms with Crippen LogP contribution in [0, 0.1) is 12.7 Å². The highest BCUT2D eigenvalue weighted by Crippen LogP contribution is 2.22. The average Bonchev–Trinajstić information content (AvgIpc) is 2.67. The zero-order valence-corrected chi connectivity index (χ0v) is 10.9. The molecule has 0 saturated heterocycles. The second kappa shape index (κ2) is 4.70. The van der Waals surface area contributed by atoms with E-state index in [1.54, 1.807) is 6.92 Å². The Morgan fingerprint density at radius 2 is 2.11 bits per heavy atom. The zero-order valence-electron chi connectivity index (χ0n) is 9.35. The molecule has 0 saturated carbocycles. The molecular formula is C11H9ClFNO3S. The summed E-state index contributed by atoms with van der Waals surface area (Å²) < 4.78 is 41.8. The number of rotatable bonds is 3. The molecule has 1 heterocycles. The predicted molar refractivity (Wildman–Crippen MR) is 63.5 cm³/mol. The van der Waals surface area contributed by atoms with Gasteiger partial charge in [0.05, 0.1) is 15.6 Å². The Morgan fingerprint density at radius 1 is 1.39 bits per heavy atom. The molecule has 2 rings (SSSR count). The molecule has 0 aliphatic heterocycles. The molecular weight excluding hydrogens is 281 g/mol. The number of hydrogen-bond acceptors (Lipinski definition) is 4. The quantitative estimate of drug-likeness (QED) is 0.815. The van der Waals surface area contributed by atoms with Crippen molar-refractivity contribution < 1.29 is 17.3 Å². The molecule has 0 atom stereocenters. The van der Waals surface area contributed by atoms with E-state index in [1.807, 2.05) is 0 Å². The van der Waals surface area contributed by atoms with Crippen LogP contribution in [0.15, 0.2) is 33.7 Å². The monoisotopic (exact) mass is 289 g/mol. The zero-order chi connectivity index (χ0) is 13.3. The maximum Gasteiger partial charge on any atom is 0.185 e. The molecule has 0 spiro atoms. The fraction of sp³-hybridized carbons (Fsp3) is 0.182. The smallest absolute Gasteiger partial charge is 0.185 e. The second-order valence-corrected chi connectivity index (χ2v) is 6.17. The maximum atomic E-state index is 13.0. The molecule has 0 aliphatic carbocycles. The summed E-state index contributed by atoms with van der Waals surface area (Å²) in [7, 11) is -3.62. The number of aryl methyl sites for hydroxylation is 1. The van der Waals surface area contributed by atoms with Gasteiger partial charge in [0.25, 0.3) is 0 Å². The molecule has 1 aromatic heterocycles. The van der Waals surface area contributed by atoms with Crippen LogP contribution in [0.3, 0.4) is 0 Å². The van der Waals surface area contributed by atoms with E-state index in [9.17, 15) is 12.8 Å². The number of aromatic nitrogens is 1. The number of sulfone groups is 1. The molecule has 0 radical (unpaired) electrons. The van der Waals surface area contributed by atoms with E-state index in [2.05, 4.69) is 5.16 Å². The van der Waals surface area contributed by atoms with Gasteiger partial charge in [-0.05, 0) is 25.1 Å². The van der Waals surface area contributed by atoms with Gasteiger partial charge in [0.15, 0.2) is 15.6 Å². The number of hydrogen-bond donors (Lipinski definition) is 0. The van der Waals surface area contributed by atoms with Gasteiger partial charge in [-0.2, -0.15) is 0 Å². The highest BCUT2D eigenvalue weighted by Gasteiger charge is 2.19. The van der Waals surface area contributed by atoms with Crippen molar-refractivity contribution >= 4 is 21.4 Å². The van der Waals surface area contributed by atoms with Gasteiger partial charge in [-0.25, -0.2) is 12.8 Å². The fourth-order valence-corrected chi connectivity index (χ4v) is 2.92. The number of benzene rings is 1. The van der Waals surface area contributed by atoms with Gasteiger partial charge in [0.2, 0.25) is 0 Å². The maximum absolute atomic E-state index is 13.0.